The topological polar surface area (TPSA) is 0 Å². The van der Waals surface area contributed by atoms with Crippen molar-refractivity contribution >= 4 is 23.9 Å². The maximum Gasteiger partial charge on any atom is 0 e. The van der Waals surface area contributed by atoms with Gasteiger partial charge in [-0.05, 0) is 0 Å². The Morgan fingerprint density at radius 2 is 0.286 bits per heavy atom. The molecule has 4 radical (unpaired) electrons. The Labute approximate surface area is 121 Å². The molecule has 0 unspecified atom stereocenters. The molecule has 64 valence electrons. The van der Waals surface area contributed by atoms with Crippen LogP contribution in [0.25, 0.3) is 0 Å². The molecule has 7 heteroatoms. The van der Waals surface area contributed by atoms with Gasteiger partial charge in [-0.1, -0.05) is 0 Å². The minimum Gasteiger partial charge on any atom is 0 e. The molecule has 0 bridgehead atoms. The van der Waals surface area contributed by atoms with E-state index in [0.717, 1.165) is 0 Å². The SMILES string of the molecule is [Ni].[Ni].[Ni].[Ni].[Ni].[Ni].[Sn]. The summed E-state index contributed by atoms with van der Waals surface area (Å²) in [6.07, 6.45) is 0. The van der Waals surface area contributed by atoms with Gasteiger partial charge >= 0.3 is 0 Å². The minimum absolute atomic E-state index is 0. The number of hydrogen-bond acceptors (Lipinski definition) is 0. The Hall–Kier alpha value is 3.76. The third-order valence-electron chi connectivity index (χ3n) is 0. The summed E-state index contributed by atoms with van der Waals surface area (Å²) in [4.78, 5) is 0. The van der Waals surface area contributed by atoms with Crippen molar-refractivity contribution in [3.8, 4) is 0 Å². The van der Waals surface area contributed by atoms with Crippen LogP contribution in [0.5, 0.6) is 0 Å². The normalized spacial score (nSPS) is 0. The average Bonchev–Trinajstić information content (AvgIpc) is 0. The van der Waals surface area contributed by atoms with Gasteiger partial charge in [-0.15, -0.1) is 0 Å². The summed E-state index contributed by atoms with van der Waals surface area (Å²) in [6.45, 7) is 0. The molecule has 0 amide bonds. The van der Waals surface area contributed by atoms with Gasteiger partial charge in [-0.25, -0.2) is 0 Å². The molecule has 0 heterocycles. The van der Waals surface area contributed by atoms with Crippen molar-refractivity contribution in [1.82, 2.24) is 0 Å². The number of hydrogen-bond donors (Lipinski definition) is 0. The fourth-order valence-corrected chi connectivity index (χ4v) is 0. The maximum absolute atomic E-state index is 0. The van der Waals surface area contributed by atoms with Gasteiger partial charge < -0.3 is 0 Å². The van der Waals surface area contributed by atoms with E-state index in [1.165, 1.54) is 0 Å². The van der Waals surface area contributed by atoms with E-state index in [4.69, 9.17) is 0 Å². The summed E-state index contributed by atoms with van der Waals surface area (Å²) in [7, 11) is 0. The monoisotopic (exact) mass is 468 g/mol. The molecule has 0 aromatic rings. The van der Waals surface area contributed by atoms with Crippen LogP contribution in [0.4, 0.5) is 0 Å². The summed E-state index contributed by atoms with van der Waals surface area (Å²) in [5.41, 5.74) is 0. The Morgan fingerprint density at radius 1 is 0.286 bits per heavy atom. The van der Waals surface area contributed by atoms with Gasteiger partial charge in [0.05, 0.1) is 0 Å². The first-order valence-electron chi connectivity index (χ1n) is 0. The second kappa shape index (κ2) is 53.0. The molecule has 0 atom stereocenters. The van der Waals surface area contributed by atoms with Crippen LogP contribution in [-0.2, 0) is 98.9 Å². The van der Waals surface area contributed by atoms with E-state index in [2.05, 4.69) is 0 Å². The van der Waals surface area contributed by atoms with Gasteiger partial charge in [0.2, 0.25) is 0 Å². The molecule has 0 aromatic carbocycles. The summed E-state index contributed by atoms with van der Waals surface area (Å²) in [5, 5.41) is 0. The van der Waals surface area contributed by atoms with Crippen molar-refractivity contribution in [1.29, 1.82) is 0 Å². The van der Waals surface area contributed by atoms with Crippen molar-refractivity contribution in [2.45, 2.75) is 0 Å². The van der Waals surface area contributed by atoms with Crippen LogP contribution in [0.2, 0.25) is 0 Å². The summed E-state index contributed by atoms with van der Waals surface area (Å²) < 4.78 is 0. The summed E-state index contributed by atoms with van der Waals surface area (Å²) in [5.74, 6) is 0. The van der Waals surface area contributed by atoms with Crippen LogP contribution in [0, 0.1) is 0 Å². The molecule has 7 heavy (non-hydrogen) atoms. The Morgan fingerprint density at radius 3 is 0.286 bits per heavy atom. The fraction of sp³-hybridized carbons (Fsp3) is 0. The molecule has 0 N–H and O–H groups in total. The van der Waals surface area contributed by atoms with E-state index < -0.39 is 0 Å². The van der Waals surface area contributed by atoms with Crippen molar-refractivity contribution in [3.63, 3.8) is 0 Å². The van der Waals surface area contributed by atoms with Crippen molar-refractivity contribution in [2.24, 2.45) is 0 Å². The van der Waals surface area contributed by atoms with E-state index in [9.17, 15) is 0 Å². The molecule has 0 saturated carbocycles. The molecule has 0 fully saturated rings. The van der Waals surface area contributed by atoms with Crippen LogP contribution < -0.4 is 0 Å². The van der Waals surface area contributed by atoms with Gasteiger partial charge in [-0.3, -0.25) is 0 Å². The molecule has 0 saturated heterocycles. The first kappa shape index (κ1) is 72.5. The van der Waals surface area contributed by atoms with Crippen LogP contribution in [0.3, 0.4) is 0 Å². The van der Waals surface area contributed by atoms with Gasteiger partial charge in [0.25, 0.3) is 0 Å². The molecule has 0 aliphatic heterocycles. The van der Waals surface area contributed by atoms with E-state index in [1.807, 2.05) is 0 Å². The van der Waals surface area contributed by atoms with Crippen LogP contribution in [0.1, 0.15) is 0 Å². The first-order valence-corrected chi connectivity index (χ1v) is 0. The molecule has 0 aliphatic carbocycles. The quantitative estimate of drug-likeness (QED) is 0.423. The minimum atomic E-state index is 0. The molecule has 0 nitrogen and oxygen atoms in total. The summed E-state index contributed by atoms with van der Waals surface area (Å²) in [6, 6.07) is 0. The standard InChI is InChI=1S/6Ni.Sn. The molecule has 0 aromatic heterocycles. The third-order valence-corrected chi connectivity index (χ3v) is 0. The third kappa shape index (κ3) is 41.6. The Bertz CT molecular complexity index is 4.14. The molecule has 0 rings (SSSR count). The van der Waals surface area contributed by atoms with E-state index in [1.54, 1.807) is 0 Å². The number of rotatable bonds is 0. The molecule has 0 aliphatic rings. The van der Waals surface area contributed by atoms with Gasteiger partial charge in [0, 0.05) is 123 Å². The van der Waals surface area contributed by atoms with Crippen molar-refractivity contribution < 1.29 is 98.9 Å². The predicted octanol–water partition coefficient (Wildman–Crippen LogP) is -0.396. The zero-order valence-electron chi connectivity index (χ0n) is 2.40. The Balaban J connectivity index is 0. The van der Waals surface area contributed by atoms with E-state index in [-0.39, 0.29) is 123 Å². The zero-order valence-corrected chi connectivity index (χ0v) is 11.2. The van der Waals surface area contributed by atoms with Gasteiger partial charge in [0.15, 0.2) is 0 Å². The zero-order chi connectivity index (χ0) is 0. The molecular formula is Ni6Sn. The average molecular weight is 471 g/mol. The van der Waals surface area contributed by atoms with Crippen LogP contribution in [0.15, 0.2) is 0 Å². The smallest absolute Gasteiger partial charge is 0 e. The van der Waals surface area contributed by atoms with Crippen molar-refractivity contribution in [3.05, 3.63) is 0 Å². The predicted molar refractivity (Wildman–Crippen MR) is 5.75 cm³/mol. The summed E-state index contributed by atoms with van der Waals surface area (Å²) >= 11 is 0. The fourth-order valence-electron chi connectivity index (χ4n) is 0. The maximum atomic E-state index is 0. The van der Waals surface area contributed by atoms with Gasteiger partial charge in [0.1, 0.15) is 0 Å². The second-order valence-corrected chi connectivity index (χ2v) is 0. The first-order chi connectivity index (χ1) is 0. The Kier molecular flexibility index (Phi) is 549. The van der Waals surface area contributed by atoms with Gasteiger partial charge in [-0.2, -0.15) is 0 Å². The van der Waals surface area contributed by atoms with E-state index in [0.29, 0.717) is 0 Å². The van der Waals surface area contributed by atoms with Crippen LogP contribution >= 0.6 is 0 Å². The van der Waals surface area contributed by atoms with Crippen LogP contribution in [-0.4, -0.2) is 23.9 Å². The molecular weight excluding hydrogens is 471 g/mol. The molecule has 0 spiro atoms. The van der Waals surface area contributed by atoms with Crippen molar-refractivity contribution in [2.75, 3.05) is 0 Å². The second-order valence-electron chi connectivity index (χ2n) is 0. The van der Waals surface area contributed by atoms with E-state index >= 15 is 0 Å². The largest absolute Gasteiger partial charge is 0 e.